The molecular weight excluding hydrogens is 196 g/mol. The lowest BCUT2D eigenvalue weighted by atomic mass is 10.1. The van der Waals surface area contributed by atoms with E-state index in [0.29, 0.717) is 5.88 Å². The molecule has 0 amide bonds. The van der Waals surface area contributed by atoms with E-state index in [1.54, 1.807) is 0 Å². The Morgan fingerprint density at radius 3 is 2.43 bits per heavy atom. The Hall–Kier alpha value is -0.500. The minimum Gasteiger partial charge on any atom is -0.269 e. The van der Waals surface area contributed by atoms with Crippen LogP contribution in [0.15, 0.2) is 0 Å². The van der Waals surface area contributed by atoms with Gasteiger partial charge in [0.2, 0.25) is 0 Å². The van der Waals surface area contributed by atoms with Crippen molar-refractivity contribution < 1.29 is 0 Å². The number of hydrogen-bond acceptors (Lipinski definition) is 1. The Balaban J connectivity index is 2.78. The highest BCUT2D eigenvalue weighted by Gasteiger charge is 2.09. The number of rotatable bonds is 4. The standard InChI is InChI=1S/C11H19ClN2/c1-8(2)5-6-14-10(4)11(7-12)9(3)13-14/h8H,5-7H2,1-4H3. The van der Waals surface area contributed by atoms with Gasteiger partial charge in [-0.05, 0) is 26.2 Å². The molecule has 14 heavy (non-hydrogen) atoms. The summed E-state index contributed by atoms with van der Waals surface area (Å²) in [5.74, 6) is 1.29. The molecule has 0 spiro atoms. The molecule has 1 aromatic rings. The molecule has 0 atom stereocenters. The van der Waals surface area contributed by atoms with Gasteiger partial charge in [-0.25, -0.2) is 0 Å². The second-order valence-electron chi connectivity index (χ2n) is 4.19. The molecule has 0 fully saturated rings. The average molecular weight is 215 g/mol. The number of halogens is 1. The summed E-state index contributed by atoms with van der Waals surface area (Å²) in [4.78, 5) is 0. The fourth-order valence-electron chi connectivity index (χ4n) is 1.53. The van der Waals surface area contributed by atoms with Crippen LogP contribution in [0.1, 0.15) is 37.2 Å². The third kappa shape index (κ3) is 2.50. The maximum Gasteiger partial charge on any atom is 0.0640 e. The second kappa shape index (κ2) is 4.83. The minimum absolute atomic E-state index is 0.569. The Kier molecular flexibility index (Phi) is 3.99. The van der Waals surface area contributed by atoms with E-state index in [-0.39, 0.29) is 0 Å². The average Bonchev–Trinajstić information content (AvgIpc) is 2.38. The smallest absolute Gasteiger partial charge is 0.0640 e. The van der Waals surface area contributed by atoms with Gasteiger partial charge in [0.1, 0.15) is 0 Å². The second-order valence-corrected chi connectivity index (χ2v) is 4.46. The van der Waals surface area contributed by atoms with Crippen molar-refractivity contribution in [3.63, 3.8) is 0 Å². The summed E-state index contributed by atoms with van der Waals surface area (Å²) in [5, 5.41) is 4.49. The normalized spacial score (nSPS) is 11.3. The monoisotopic (exact) mass is 214 g/mol. The lowest BCUT2D eigenvalue weighted by molar-refractivity contribution is 0.479. The zero-order chi connectivity index (χ0) is 10.7. The van der Waals surface area contributed by atoms with Gasteiger partial charge in [0.25, 0.3) is 0 Å². The van der Waals surface area contributed by atoms with Gasteiger partial charge in [0.15, 0.2) is 0 Å². The molecule has 2 nitrogen and oxygen atoms in total. The quantitative estimate of drug-likeness (QED) is 0.704. The van der Waals surface area contributed by atoms with E-state index < -0.39 is 0 Å². The van der Waals surface area contributed by atoms with Crippen LogP contribution in [0.4, 0.5) is 0 Å². The van der Waals surface area contributed by atoms with E-state index in [1.807, 2.05) is 6.92 Å². The zero-order valence-corrected chi connectivity index (χ0v) is 10.2. The topological polar surface area (TPSA) is 17.8 Å². The summed E-state index contributed by atoms with van der Waals surface area (Å²) in [7, 11) is 0. The SMILES string of the molecule is Cc1nn(CCC(C)C)c(C)c1CCl. The van der Waals surface area contributed by atoms with Crippen molar-refractivity contribution in [3.8, 4) is 0 Å². The van der Waals surface area contributed by atoms with Crippen LogP contribution in [0, 0.1) is 19.8 Å². The van der Waals surface area contributed by atoms with E-state index in [0.717, 1.165) is 18.2 Å². The van der Waals surface area contributed by atoms with Crippen molar-refractivity contribution in [2.45, 2.75) is 46.5 Å². The molecular formula is C11H19ClN2. The molecule has 1 heterocycles. The maximum absolute atomic E-state index is 5.86. The van der Waals surface area contributed by atoms with Crippen LogP contribution < -0.4 is 0 Å². The van der Waals surface area contributed by atoms with Gasteiger partial charge < -0.3 is 0 Å². The highest BCUT2D eigenvalue weighted by molar-refractivity contribution is 6.17. The summed E-state index contributed by atoms with van der Waals surface area (Å²) >= 11 is 5.86. The summed E-state index contributed by atoms with van der Waals surface area (Å²) in [6.45, 7) is 9.58. The lowest BCUT2D eigenvalue weighted by Gasteiger charge is -2.06. The third-order valence-corrected chi connectivity index (χ3v) is 2.85. The Bertz CT molecular complexity index is 302. The maximum atomic E-state index is 5.86. The van der Waals surface area contributed by atoms with Crippen LogP contribution >= 0.6 is 11.6 Å². The fraction of sp³-hybridized carbons (Fsp3) is 0.727. The molecule has 0 aliphatic carbocycles. The summed E-state index contributed by atoms with van der Waals surface area (Å²) < 4.78 is 2.08. The molecule has 0 saturated carbocycles. The number of hydrogen-bond donors (Lipinski definition) is 0. The molecule has 80 valence electrons. The predicted molar refractivity (Wildman–Crippen MR) is 60.7 cm³/mol. The van der Waals surface area contributed by atoms with E-state index in [4.69, 9.17) is 11.6 Å². The first kappa shape index (κ1) is 11.6. The fourth-order valence-corrected chi connectivity index (χ4v) is 1.91. The number of aromatic nitrogens is 2. The molecule has 0 bridgehead atoms. The molecule has 0 aliphatic heterocycles. The van der Waals surface area contributed by atoms with Crippen molar-refractivity contribution >= 4 is 11.6 Å². The zero-order valence-electron chi connectivity index (χ0n) is 9.47. The summed E-state index contributed by atoms with van der Waals surface area (Å²) in [6.07, 6.45) is 1.17. The van der Waals surface area contributed by atoms with E-state index >= 15 is 0 Å². The van der Waals surface area contributed by atoms with Gasteiger partial charge in [-0.15, -0.1) is 11.6 Å². The van der Waals surface area contributed by atoms with Crippen LogP contribution in [0.25, 0.3) is 0 Å². The van der Waals surface area contributed by atoms with Gasteiger partial charge in [0, 0.05) is 17.8 Å². The van der Waals surface area contributed by atoms with Gasteiger partial charge in [-0.2, -0.15) is 5.10 Å². The molecule has 0 unspecified atom stereocenters. The van der Waals surface area contributed by atoms with Gasteiger partial charge in [-0.1, -0.05) is 13.8 Å². The molecule has 1 rings (SSSR count). The Morgan fingerprint density at radius 2 is 2.00 bits per heavy atom. The van der Waals surface area contributed by atoms with Crippen LogP contribution in [-0.2, 0) is 12.4 Å². The highest BCUT2D eigenvalue weighted by Crippen LogP contribution is 2.16. The lowest BCUT2D eigenvalue weighted by Crippen LogP contribution is -2.05. The Labute approximate surface area is 91.3 Å². The van der Waals surface area contributed by atoms with Crippen LogP contribution in [0.5, 0.6) is 0 Å². The van der Waals surface area contributed by atoms with Crippen LogP contribution in [0.2, 0.25) is 0 Å². The van der Waals surface area contributed by atoms with Gasteiger partial charge in [0.05, 0.1) is 11.6 Å². The molecule has 1 aromatic heterocycles. The van der Waals surface area contributed by atoms with Crippen molar-refractivity contribution in [3.05, 3.63) is 17.0 Å². The summed E-state index contributed by atoms with van der Waals surface area (Å²) in [5.41, 5.74) is 3.48. The van der Waals surface area contributed by atoms with Crippen molar-refractivity contribution in [1.29, 1.82) is 0 Å². The first-order valence-corrected chi connectivity index (χ1v) is 5.68. The van der Waals surface area contributed by atoms with Crippen molar-refractivity contribution in [2.75, 3.05) is 0 Å². The largest absolute Gasteiger partial charge is 0.269 e. The Morgan fingerprint density at radius 1 is 1.36 bits per heavy atom. The molecule has 0 aromatic carbocycles. The molecule has 0 saturated heterocycles. The minimum atomic E-state index is 0.569. The predicted octanol–water partition coefficient (Wildman–Crippen LogP) is 3.28. The number of aryl methyl sites for hydroxylation is 2. The molecule has 0 N–H and O–H groups in total. The van der Waals surface area contributed by atoms with Crippen LogP contribution in [-0.4, -0.2) is 9.78 Å². The van der Waals surface area contributed by atoms with E-state index in [1.165, 1.54) is 17.7 Å². The van der Waals surface area contributed by atoms with Crippen molar-refractivity contribution in [2.24, 2.45) is 5.92 Å². The first-order chi connectivity index (χ1) is 6.56. The number of alkyl halides is 1. The highest BCUT2D eigenvalue weighted by atomic mass is 35.5. The van der Waals surface area contributed by atoms with Crippen LogP contribution in [0.3, 0.4) is 0 Å². The van der Waals surface area contributed by atoms with Gasteiger partial charge in [-0.3, -0.25) is 4.68 Å². The van der Waals surface area contributed by atoms with E-state index in [9.17, 15) is 0 Å². The molecule has 0 aliphatic rings. The van der Waals surface area contributed by atoms with Gasteiger partial charge >= 0.3 is 0 Å². The number of nitrogens with zero attached hydrogens (tertiary/aromatic N) is 2. The van der Waals surface area contributed by atoms with E-state index in [2.05, 4.69) is 30.6 Å². The first-order valence-electron chi connectivity index (χ1n) is 5.15. The summed E-state index contributed by atoms with van der Waals surface area (Å²) in [6, 6.07) is 0. The van der Waals surface area contributed by atoms with Crippen molar-refractivity contribution in [1.82, 2.24) is 9.78 Å². The molecule has 0 radical (unpaired) electrons. The molecule has 3 heteroatoms. The third-order valence-electron chi connectivity index (χ3n) is 2.58.